The van der Waals surface area contributed by atoms with Gasteiger partial charge < -0.3 is 9.26 Å². The van der Waals surface area contributed by atoms with E-state index in [9.17, 15) is 8.42 Å². The molecular weight excluding hydrogens is 272 g/mol. The fourth-order valence-corrected chi connectivity index (χ4v) is 2.11. The summed E-state index contributed by atoms with van der Waals surface area (Å²) in [5.74, 6) is 0.954. The predicted octanol–water partition coefficient (Wildman–Crippen LogP) is 1.11. The molecule has 1 aliphatic rings. The van der Waals surface area contributed by atoms with Crippen molar-refractivity contribution in [1.82, 2.24) is 10.1 Å². The van der Waals surface area contributed by atoms with Gasteiger partial charge in [0.1, 0.15) is 30.4 Å². The highest BCUT2D eigenvalue weighted by Gasteiger charge is 2.26. The minimum atomic E-state index is -3.53. The molecule has 0 radical (unpaired) electrons. The highest BCUT2D eigenvalue weighted by Crippen LogP contribution is 2.36. The van der Waals surface area contributed by atoms with Gasteiger partial charge in [0.2, 0.25) is 0 Å². The van der Waals surface area contributed by atoms with E-state index >= 15 is 0 Å². The normalized spacial score (nSPS) is 13.5. The Morgan fingerprint density at radius 1 is 1.42 bits per heavy atom. The zero-order chi connectivity index (χ0) is 13.5. The van der Waals surface area contributed by atoms with E-state index in [1.807, 2.05) is 0 Å². The standard InChI is InChI=1S/C11H10N2O5S/c1-19(14,15)17-6-9-7-5-16-8-3-2-4-12-11(8)10(7)13-18-9/h2-4H,5-6H2,1H3. The largest absolute Gasteiger partial charge is 0.486 e. The van der Waals surface area contributed by atoms with Gasteiger partial charge in [-0.1, -0.05) is 5.16 Å². The Bertz CT molecular complexity index is 722. The molecule has 0 amide bonds. The third-order valence-corrected chi connectivity index (χ3v) is 3.19. The van der Waals surface area contributed by atoms with E-state index in [0.717, 1.165) is 6.26 Å². The summed E-state index contributed by atoms with van der Waals surface area (Å²) < 4.78 is 37.2. The van der Waals surface area contributed by atoms with Gasteiger partial charge >= 0.3 is 0 Å². The maximum atomic E-state index is 11.0. The molecule has 0 N–H and O–H groups in total. The molecule has 8 heteroatoms. The first kappa shape index (κ1) is 12.1. The van der Waals surface area contributed by atoms with Crippen molar-refractivity contribution in [3.05, 3.63) is 29.7 Å². The minimum absolute atomic E-state index is 0.202. The molecule has 3 heterocycles. The molecular formula is C11H10N2O5S. The lowest BCUT2D eigenvalue weighted by molar-refractivity contribution is 0.246. The van der Waals surface area contributed by atoms with Gasteiger partial charge in [-0.15, -0.1) is 0 Å². The second-order valence-electron chi connectivity index (χ2n) is 4.04. The van der Waals surface area contributed by atoms with Gasteiger partial charge in [0.25, 0.3) is 10.1 Å². The van der Waals surface area contributed by atoms with Crippen LogP contribution in [0.1, 0.15) is 11.3 Å². The van der Waals surface area contributed by atoms with Crippen LogP contribution in [0, 0.1) is 0 Å². The first-order valence-corrected chi connectivity index (χ1v) is 7.26. The fraction of sp³-hybridized carbons (Fsp3) is 0.273. The van der Waals surface area contributed by atoms with Crippen molar-refractivity contribution in [2.24, 2.45) is 0 Å². The second kappa shape index (κ2) is 4.32. The van der Waals surface area contributed by atoms with Crippen molar-refractivity contribution >= 4 is 10.1 Å². The van der Waals surface area contributed by atoms with Crippen LogP contribution in [0.5, 0.6) is 5.75 Å². The Labute approximate surface area is 109 Å². The van der Waals surface area contributed by atoms with Crippen LogP contribution in [0.25, 0.3) is 11.4 Å². The topological polar surface area (TPSA) is 91.5 Å². The lowest BCUT2D eigenvalue weighted by Crippen LogP contribution is -2.09. The van der Waals surface area contributed by atoms with Crippen LogP contribution in [0.3, 0.4) is 0 Å². The van der Waals surface area contributed by atoms with Crippen LogP contribution in [0.15, 0.2) is 22.9 Å². The SMILES string of the molecule is CS(=O)(=O)OCc1onc2c1COc1cccnc1-2. The van der Waals surface area contributed by atoms with Gasteiger partial charge in [0, 0.05) is 6.20 Å². The van der Waals surface area contributed by atoms with Crippen LogP contribution in [0.4, 0.5) is 0 Å². The van der Waals surface area contributed by atoms with Crippen molar-refractivity contribution in [2.45, 2.75) is 13.2 Å². The first-order chi connectivity index (χ1) is 9.04. The van der Waals surface area contributed by atoms with E-state index in [2.05, 4.69) is 10.1 Å². The zero-order valence-electron chi connectivity index (χ0n) is 9.99. The average Bonchev–Trinajstić information content (AvgIpc) is 2.79. The molecule has 2 aromatic heterocycles. The van der Waals surface area contributed by atoms with Crippen LogP contribution in [-0.2, 0) is 27.5 Å². The smallest absolute Gasteiger partial charge is 0.264 e. The molecule has 1 aliphatic heterocycles. The predicted molar refractivity (Wildman–Crippen MR) is 63.7 cm³/mol. The Morgan fingerprint density at radius 2 is 2.26 bits per heavy atom. The minimum Gasteiger partial charge on any atom is -0.486 e. The van der Waals surface area contributed by atoms with Gasteiger partial charge in [-0.05, 0) is 12.1 Å². The van der Waals surface area contributed by atoms with Gasteiger partial charge in [-0.25, -0.2) is 0 Å². The summed E-state index contributed by atoms with van der Waals surface area (Å²) in [4.78, 5) is 4.18. The Morgan fingerprint density at radius 3 is 3.05 bits per heavy atom. The molecule has 0 spiro atoms. The summed E-state index contributed by atoms with van der Waals surface area (Å²) in [7, 11) is -3.53. The molecule has 0 bridgehead atoms. The van der Waals surface area contributed by atoms with E-state index in [1.54, 1.807) is 18.3 Å². The molecule has 19 heavy (non-hydrogen) atoms. The molecule has 3 rings (SSSR count). The number of aromatic nitrogens is 2. The summed E-state index contributed by atoms with van der Waals surface area (Å²) in [6, 6.07) is 3.55. The number of hydrogen-bond donors (Lipinski definition) is 0. The molecule has 7 nitrogen and oxygen atoms in total. The lowest BCUT2D eigenvalue weighted by Gasteiger charge is -2.14. The molecule has 0 aliphatic carbocycles. The van der Waals surface area contributed by atoms with Crippen LogP contribution in [0.2, 0.25) is 0 Å². The van der Waals surface area contributed by atoms with Gasteiger partial charge in [-0.2, -0.15) is 8.42 Å². The van der Waals surface area contributed by atoms with Crippen molar-refractivity contribution in [1.29, 1.82) is 0 Å². The maximum absolute atomic E-state index is 11.0. The number of hydrogen-bond acceptors (Lipinski definition) is 7. The fourth-order valence-electron chi connectivity index (χ4n) is 1.79. The lowest BCUT2D eigenvalue weighted by atomic mass is 10.1. The monoisotopic (exact) mass is 282 g/mol. The quantitative estimate of drug-likeness (QED) is 0.778. The molecule has 2 aromatic rings. The number of rotatable bonds is 3. The maximum Gasteiger partial charge on any atom is 0.264 e. The Kier molecular flexibility index (Phi) is 2.76. The van der Waals surface area contributed by atoms with E-state index in [1.165, 1.54) is 0 Å². The molecule has 0 fully saturated rings. The van der Waals surface area contributed by atoms with E-state index < -0.39 is 10.1 Å². The summed E-state index contributed by atoms with van der Waals surface area (Å²) in [6.45, 7) is 0.0483. The van der Waals surface area contributed by atoms with E-state index in [0.29, 0.717) is 28.5 Å². The van der Waals surface area contributed by atoms with Crippen LogP contribution < -0.4 is 4.74 Å². The average molecular weight is 282 g/mol. The first-order valence-electron chi connectivity index (χ1n) is 5.44. The van der Waals surface area contributed by atoms with Crippen molar-refractivity contribution in [3.63, 3.8) is 0 Å². The van der Waals surface area contributed by atoms with Gasteiger partial charge in [0.05, 0.1) is 11.8 Å². The van der Waals surface area contributed by atoms with Crippen molar-refractivity contribution in [2.75, 3.05) is 6.26 Å². The Hall–Kier alpha value is -1.93. The Balaban J connectivity index is 1.95. The number of pyridine rings is 1. The highest BCUT2D eigenvalue weighted by atomic mass is 32.2. The summed E-state index contributed by atoms with van der Waals surface area (Å²) in [5, 5.41) is 3.91. The van der Waals surface area contributed by atoms with Crippen LogP contribution >= 0.6 is 0 Å². The molecule has 0 saturated heterocycles. The zero-order valence-corrected chi connectivity index (χ0v) is 10.8. The third-order valence-electron chi connectivity index (χ3n) is 2.64. The number of ether oxygens (including phenoxy) is 1. The second-order valence-corrected chi connectivity index (χ2v) is 5.68. The highest BCUT2D eigenvalue weighted by molar-refractivity contribution is 7.85. The van der Waals surface area contributed by atoms with E-state index in [-0.39, 0.29) is 13.2 Å². The molecule has 0 atom stereocenters. The molecule has 0 aromatic carbocycles. The third kappa shape index (κ3) is 2.32. The van der Waals surface area contributed by atoms with Crippen molar-refractivity contribution in [3.8, 4) is 17.1 Å². The molecule has 0 saturated carbocycles. The summed E-state index contributed by atoms with van der Waals surface area (Å²) >= 11 is 0. The van der Waals surface area contributed by atoms with Crippen molar-refractivity contribution < 1.29 is 21.9 Å². The van der Waals surface area contributed by atoms with Gasteiger partial charge in [0.15, 0.2) is 5.76 Å². The molecule has 0 unspecified atom stereocenters. The van der Waals surface area contributed by atoms with Gasteiger partial charge in [-0.3, -0.25) is 9.17 Å². The van der Waals surface area contributed by atoms with Crippen LogP contribution in [-0.4, -0.2) is 24.8 Å². The number of nitrogens with zero attached hydrogens (tertiary/aromatic N) is 2. The molecule has 100 valence electrons. The summed E-state index contributed by atoms with van der Waals surface area (Å²) in [5.41, 5.74) is 1.81. The number of fused-ring (bicyclic) bond motifs is 3. The summed E-state index contributed by atoms with van der Waals surface area (Å²) in [6.07, 6.45) is 2.60. The van der Waals surface area contributed by atoms with E-state index in [4.69, 9.17) is 13.4 Å².